The van der Waals surface area contributed by atoms with Crippen molar-refractivity contribution in [1.82, 2.24) is 14.5 Å². The number of halogens is 1. The Balaban J connectivity index is 1.53. The highest BCUT2D eigenvalue weighted by Gasteiger charge is 2.36. The molecule has 4 heterocycles. The number of H-pyrrole nitrogens is 1. The fourth-order valence-corrected chi connectivity index (χ4v) is 7.51. The Kier molecular flexibility index (Phi) is 8.18. The van der Waals surface area contributed by atoms with Crippen LogP contribution in [0.15, 0.2) is 93.5 Å². The number of thiazole rings is 1. The highest BCUT2D eigenvalue weighted by atomic mass is 79.9. The van der Waals surface area contributed by atoms with E-state index in [1.54, 1.807) is 40.0 Å². The Morgan fingerprint density at radius 2 is 2.00 bits per heavy atom. The van der Waals surface area contributed by atoms with E-state index in [1.165, 1.54) is 22.0 Å². The van der Waals surface area contributed by atoms with Crippen molar-refractivity contribution in [2.45, 2.75) is 37.1 Å². The fourth-order valence-electron chi connectivity index (χ4n) is 5.13. The van der Waals surface area contributed by atoms with Crippen molar-refractivity contribution in [3.05, 3.63) is 111 Å². The Morgan fingerprint density at radius 1 is 1.20 bits per heavy atom. The molecule has 6 rings (SSSR count). The van der Waals surface area contributed by atoms with Gasteiger partial charge in [-0.1, -0.05) is 41.7 Å². The molecular weight excluding hydrogens is 668 g/mol. The number of carbonyl (C=O) groups is 1. The van der Waals surface area contributed by atoms with Crippen LogP contribution in [0.5, 0.6) is 5.75 Å². The lowest BCUT2D eigenvalue weighted by molar-refractivity contribution is -0.139. The van der Waals surface area contributed by atoms with Gasteiger partial charge in [-0.2, -0.15) is 0 Å². The molecule has 1 N–H and O–H groups in total. The van der Waals surface area contributed by atoms with Gasteiger partial charge in [-0.05, 0) is 71.4 Å². The first-order valence-corrected chi connectivity index (χ1v) is 15.9. The van der Waals surface area contributed by atoms with Gasteiger partial charge in [0.1, 0.15) is 17.6 Å². The summed E-state index contributed by atoms with van der Waals surface area (Å²) in [7, 11) is 1.56. The molecular formula is C31H25BrN4O6S2. The van der Waals surface area contributed by atoms with Crippen molar-refractivity contribution in [1.29, 1.82) is 0 Å². The number of hydrogen-bond donors (Lipinski definition) is 1. The summed E-state index contributed by atoms with van der Waals surface area (Å²) >= 11 is 5.83. The van der Waals surface area contributed by atoms with Crippen LogP contribution in [0.3, 0.4) is 0 Å². The topological polar surface area (TPSA) is 129 Å². The number of nitrogens with zero attached hydrogens (tertiary/aromatic N) is 3. The van der Waals surface area contributed by atoms with Crippen molar-refractivity contribution < 1.29 is 18.7 Å². The first kappa shape index (κ1) is 29.9. The summed E-state index contributed by atoms with van der Waals surface area (Å²) in [6, 6.07) is 13.8. The molecule has 0 bridgehead atoms. The second-order valence-corrected chi connectivity index (χ2v) is 12.6. The van der Waals surface area contributed by atoms with Crippen LogP contribution in [0.2, 0.25) is 0 Å². The van der Waals surface area contributed by atoms with E-state index in [-0.39, 0.29) is 23.3 Å². The van der Waals surface area contributed by atoms with E-state index >= 15 is 0 Å². The number of nitrogens with one attached hydrogen (secondary N) is 1. The SMILES string of the molecule is CCOC(=O)C1=C(C)N=c2s/c(=C/c3cc(Br)c(Sc4nc(C)cc(=O)[nH]4)o3)c(=O)n2[C@H]1c1c(OC)ccc2ccccc12. The molecule has 224 valence electrons. The minimum absolute atomic E-state index is 0.166. The number of ether oxygens (including phenoxy) is 2. The molecule has 0 spiro atoms. The smallest absolute Gasteiger partial charge is 0.338 e. The quantitative estimate of drug-likeness (QED) is 0.189. The molecule has 1 atom stereocenters. The summed E-state index contributed by atoms with van der Waals surface area (Å²) < 4.78 is 19.8. The molecule has 5 aromatic rings. The van der Waals surface area contributed by atoms with Crippen LogP contribution in [0.25, 0.3) is 16.8 Å². The summed E-state index contributed by atoms with van der Waals surface area (Å²) in [4.78, 5) is 51.6. The predicted molar refractivity (Wildman–Crippen MR) is 171 cm³/mol. The first-order chi connectivity index (χ1) is 21.2. The van der Waals surface area contributed by atoms with Crippen molar-refractivity contribution in [3.63, 3.8) is 0 Å². The van der Waals surface area contributed by atoms with Crippen LogP contribution in [0.4, 0.5) is 0 Å². The van der Waals surface area contributed by atoms with E-state index in [9.17, 15) is 14.4 Å². The third-order valence-electron chi connectivity index (χ3n) is 6.93. The van der Waals surface area contributed by atoms with Gasteiger partial charge < -0.3 is 18.9 Å². The number of rotatable bonds is 7. The number of fused-ring (bicyclic) bond motifs is 2. The predicted octanol–water partition coefficient (Wildman–Crippen LogP) is 4.86. The van der Waals surface area contributed by atoms with Gasteiger partial charge in [0.05, 0.1) is 34.0 Å². The lowest BCUT2D eigenvalue weighted by Crippen LogP contribution is -2.40. The van der Waals surface area contributed by atoms with E-state index in [0.717, 1.165) is 22.5 Å². The van der Waals surface area contributed by atoms with Crippen LogP contribution in [-0.2, 0) is 9.53 Å². The standard InChI is InChI=1S/C31H25BrN4O6S2/c1-5-41-28(39)24-16(3)34-31-36(26(24)25-19-9-7-6-8-17(19)10-11-21(25)40-4)27(38)22(43-31)14-18-13-20(32)29(42-18)44-30-33-15(2)12-23(37)35-30/h6-14,26H,5H2,1-4H3,(H,33,35,37)/b22-14+/t26-/m1/s1. The largest absolute Gasteiger partial charge is 0.496 e. The van der Waals surface area contributed by atoms with Crippen LogP contribution in [0.1, 0.15) is 36.9 Å². The van der Waals surface area contributed by atoms with Crippen LogP contribution in [-0.4, -0.2) is 34.2 Å². The van der Waals surface area contributed by atoms with Gasteiger partial charge in [0.2, 0.25) is 0 Å². The zero-order valence-electron chi connectivity index (χ0n) is 24.0. The summed E-state index contributed by atoms with van der Waals surface area (Å²) in [6.45, 7) is 5.37. The maximum atomic E-state index is 14.2. The zero-order valence-corrected chi connectivity index (χ0v) is 27.2. The first-order valence-electron chi connectivity index (χ1n) is 13.5. The lowest BCUT2D eigenvalue weighted by atomic mass is 9.90. The number of hydrogen-bond acceptors (Lipinski definition) is 10. The molecule has 0 unspecified atom stereocenters. The normalized spacial score (nSPS) is 14.9. The Morgan fingerprint density at radius 3 is 2.75 bits per heavy atom. The fraction of sp³-hybridized carbons (Fsp3) is 0.194. The average molecular weight is 694 g/mol. The number of allylic oxidation sites excluding steroid dienone is 1. The van der Waals surface area contributed by atoms with E-state index in [2.05, 4.69) is 30.9 Å². The number of carbonyl (C=O) groups excluding carboxylic acids is 1. The molecule has 1 aliphatic heterocycles. The Hall–Kier alpha value is -4.20. The number of methoxy groups -OCH3 is 1. The molecule has 2 aromatic carbocycles. The van der Waals surface area contributed by atoms with Crippen LogP contribution >= 0.6 is 39.0 Å². The summed E-state index contributed by atoms with van der Waals surface area (Å²) in [5.74, 6) is 0.377. The molecule has 13 heteroatoms. The van der Waals surface area contributed by atoms with Crippen molar-refractivity contribution in [2.24, 2.45) is 4.99 Å². The molecule has 44 heavy (non-hydrogen) atoms. The van der Waals surface area contributed by atoms with E-state index in [4.69, 9.17) is 13.9 Å². The van der Waals surface area contributed by atoms with Gasteiger partial charge in [0.25, 0.3) is 11.1 Å². The number of benzene rings is 2. The summed E-state index contributed by atoms with van der Waals surface area (Å²) in [5, 5.41) is 2.60. The van der Waals surface area contributed by atoms with Crippen LogP contribution in [0, 0.1) is 6.92 Å². The van der Waals surface area contributed by atoms with Gasteiger partial charge in [-0.15, -0.1) is 0 Å². The monoisotopic (exact) mass is 692 g/mol. The Labute approximate surface area is 266 Å². The van der Waals surface area contributed by atoms with E-state index in [1.807, 2.05) is 36.4 Å². The summed E-state index contributed by atoms with van der Waals surface area (Å²) in [6.07, 6.45) is 1.63. The van der Waals surface area contributed by atoms with Crippen LogP contribution < -0.4 is 25.2 Å². The molecule has 0 radical (unpaired) electrons. The van der Waals surface area contributed by atoms with Gasteiger partial charge in [0, 0.05) is 23.4 Å². The third-order valence-corrected chi connectivity index (χ3v) is 9.64. The van der Waals surface area contributed by atoms with Crippen molar-refractivity contribution in [2.75, 3.05) is 13.7 Å². The molecule has 0 amide bonds. The average Bonchev–Trinajstić information content (AvgIpc) is 3.48. The van der Waals surface area contributed by atoms with E-state index < -0.39 is 12.0 Å². The van der Waals surface area contributed by atoms with Gasteiger partial charge in [-0.3, -0.25) is 14.2 Å². The lowest BCUT2D eigenvalue weighted by Gasteiger charge is -2.27. The van der Waals surface area contributed by atoms with E-state index in [0.29, 0.717) is 52.5 Å². The number of esters is 1. The highest BCUT2D eigenvalue weighted by Crippen LogP contribution is 2.40. The number of aromatic nitrogens is 3. The molecule has 1 aliphatic rings. The number of aryl methyl sites for hydroxylation is 1. The molecule has 0 aliphatic carbocycles. The minimum Gasteiger partial charge on any atom is -0.496 e. The number of furan rings is 1. The second kappa shape index (κ2) is 12.1. The van der Waals surface area contributed by atoms with Gasteiger partial charge >= 0.3 is 5.97 Å². The molecule has 0 fully saturated rings. The molecule has 0 saturated carbocycles. The zero-order chi connectivity index (χ0) is 31.1. The maximum Gasteiger partial charge on any atom is 0.338 e. The van der Waals surface area contributed by atoms with Crippen molar-refractivity contribution in [3.8, 4) is 5.75 Å². The Bertz CT molecular complexity index is 2230. The minimum atomic E-state index is -0.854. The van der Waals surface area contributed by atoms with Crippen molar-refractivity contribution >= 4 is 61.8 Å². The van der Waals surface area contributed by atoms with Gasteiger partial charge in [-0.25, -0.2) is 14.8 Å². The molecule has 0 saturated heterocycles. The van der Waals surface area contributed by atoms with Gasteiger partial charge in [0.15, 0.2) is 15.1 Å². The highest BCUT2D eigenvalue weighted by molar-refractivity contribution is 9.10. The molecule has 10 nitrogen and oxygen atoms in total. The second-order valence-electron chi connectivity index (χ2n) is 9.78. The number of aromatic amines is 1. The third kappa shape index (κ3) is 5.46. The summed E-state index contributed by atoms with van der Waals surface area (Å²) in [5.41, 5.74) is 1.34. The molecule has 3 aromatic heterocycles. The maximum absolute atomic E-state index is 14.2.